The Balaban J connectivity index is 1.21. The zero-order valence-electron chi connectivity index (χ0n) is 20.4. The number of β-amino-alcohol motifs (C(OH)–C–C–N with tert-alkyl or cyclic N) is 1. The van der Waals surface area contributed by atoms with Crippen molar-refractivity contribution in [2.45, 2.75) is 38.3 Å². The highest BCUT2D eigenvalue weighted by atomic mass is 16.3. The Morgan fingerprint density at radius 1 is 1.11 bits per heavy atom. The highest BCUT2D eigenvalue weighted by Gasteiger charge is 2.22. The second kappa shape index (κ2) is 12.2. The van der Waals surface area contributed by atoms with E-state index in [0.717, 1.165) is 57.6 Å². The van der Waals surface area contributed by atoms with Gasteiger partial charge in [-0.05, 0) is 61.9 Å². The Hall–Kier alpha value is -2.88. The van der Waals surface area contributed by atoms with Crippen LogP contribution in [0.3, 0.4) is 0 Å². The smallest absolute Gasteiger partial charge is 0.270 e. The van der Waals surface area contributed by atoms with Crippen molar-refractivity contribution < 1.29 is 14.7 Å². The van der Waals surface area contributed by atoms with Gasteiger partial charge in [0, 0.05) is 38.9 Å². The van der Waals surface area contributed by atoms with Gasteiger partial charge in [-0.2, -0.15) is 0 Å². The Bertz CT molecular complexity index is 1010. The first-order chi connectivity index (χ1) is 17.0. The monoisotopic (exact) mass is 480 g/mol. The van der Waals surface area contributed by atoms with E-state index in [0.29, 0.717) is 24.7 Å². The van der Waals surface area contributed by atoms with Crippen molar-refractivity contribution in [1.82, 2.24) is 30.4 Å². The maximum atomic E-state index is 12.7. The molecule has 2 aliphatic heterocycles. The van der Waals surface area contributed by atoms with Crippen LogP contribution in [0.5, 0.6) is 0 Å². The Morgan fingerprint density at radius 3 is 2.66 bits per heavy atom. The van der Waals surface area contributed by atoms with Crippen molar-refractivity contribution in [3.63, 3.8) is 0 Å². The molecule has 1 fully saturated rings. The molecule has 2 amide bonds. The molecular weight excluding hydrogens is 444 g/mol. The van der Waals surface area contributed by atoms with Crippen LogP contribution in [0.2, 0.25) is 0 Å². The number of aliphatic hydroxyl groups is 1. The molecule has 1 saturated heterocycles. The minimum absolute atomic E-state index is 0.0429. The minimum atomic E-state index is -0.648. The maximum Gasteiger partial charge on any atom is 0.270 e. The molecule has 2 aliphatic rings. The van der Waals surface area contributed by atoms with Crippen LogP contribution in [0.25, 0.3) is 0 Å². The fourth-order valence-electron chi connectivity index (χ4n) is 4.93. The number of nitrogens with zero attached hydrogens (tertiary/aromatic N) is 4. The molecular formula is C26H36N6O3. The van der Waals surface area contributed by atoms with E-state index in [-0.39, 0.29) is 18.4 Å². The predicted molar refractivity (Wildman–Crippen MR) is 133 cm³/mol. The Kier molecular flexibility index (Phi) is 8.79. The summed E-state index contributed by atoms with van der Waals surface area (Å²) in [4.78, 5) is 37.1. The standard InChI is InChI=1S/C26H36N6O3/c1-27-25(34)17-31-9-6-19(7-10-31)12-22-13-24(30-18-29-22)26(35)28-14-23(33)16-32-11-8-20-4-2-3-5-21(20)15-32/h2-5,13,18-19,23,33H,6-12,14-17H2,1H3,(H,27,34)(H,28,35)/t23-/m0/s1. The van der Waals surface area contributed by atoms with Gasteiger partial charge >= 0.3 is 0 Å². The fourth-order valence-corrected chi connectivity index (χ4v) is 4.93. The first-order valence-electron chi connectivity index (χ1n) is 12.5. The summed E-state index contributed by atoms with van der Waals surface area (Å²) in [6, 6.07) is 10.2. The second-order valence-electron chi connectivity index (χ2n) is 9.61. The molecule has 9 nitrogen and oxygen atoms in total. The number of likely N-dealkylation sites (tertiary alicyclic amines) is 1. The van der Waals surface area contributed by atoms with E-state index < -0.39 is 6.10 Å². The fraction of sp³-hybridized carbons (Fsp3) is 0.538. The van der Waals surface area contributed by atoms with Crippen LogP contribution in [0, 0.1) is 5.92 Å². The number of hydrogen-bond donors (Lipinski definition) is 3. The zero-order valence-corrected chi connectivity index (χ0v) is 20.4. The van der Waals surface area contributed by atoms with E-state index >= 15 is 0 Å². The van der Waals surface area contributed by atoms with Gasteiger partial charge in [-0.1, -0.05) is 24.3 Å². The number of carbonyl (C=O) groups is 2. The molecule has 1 aromatic heterocycles. The third-order valence-corrected chi connectivity index (χ3v) is 6.98. The van der Waals surface area contributed by atoms with Gasteiger partial charge in [0.05, 0.1) is 12.6 Å². The number of carbonyl (C=O) groups excluding carboxylic acids is 2. The van der Waals surface area contributed by atoms with E-state index in [2.05, 4.69) is 48.6 Å². The molecule has 4 rings (SSSR count). The van der Waals surface area contributed by atoms with Gasteiger partial charge in [0.15, 0.2) is 0 Å². The first-order valence-corrected chi connectivity index (χ1v) is 12.5. The number of benzene rings is 1. The quantitative estimate of drug-likeness (QED) is 0.483. The molecule has 0 unspecified atom stereocenters. The summed E-state index contributed by atoms with van der Waals surface area (Å²) in [5.74, 6) is 0.219. The minimum Gasteiger partial charge on any atom is -0.390 e. The van der Waals surface area contributed by atoms with Crippen molar-refractivity contribution in [3.05, 3.63) is 59.2 Å². The summed E-state index contributed by atoms with van der Waals surface area (Å²) in [5, 5.41) is 16.0. The number of nitrogens with one attached hydrogen (secondary N) is 2. The van der Waals surface area contributed by atoms with Crippen molar-refractivity contribution in [2.75, 3.05) is 46.3 Å². The highest BCUT2D eigenvalue weighted by Crippen LogP contribution is 2.21. The SMILES string of the molecule is CNC(=O)CN1CCC(Cc2cc(C(=O)NC[C@H](O)CN3CCc4ccccc4C3)ncn2)CC1. The Labute approximate surface area is 206 Å². The molecule has 0 radical (unpaired) electrons. The largest absolute Gasteiger partial charge is 0.390 e. The molecule has 2 aromatic rings. The van der Waals surface area contributed by atoms with Gasteiger partial charge in [-0.25, -0.2) is 9.97 Å². The molecule has 1 aromatic carbocycles. The van der Waals surface area contributed by atoms with Gasteiger partial charge in [-0.3, -0.25) is 19.4 Å². The Morgan fingerprint density at radius 2 is 1.89 bits per heavy atom. The van der Waals surface area contributed by atoms with Gasteiger partial charge in [0.2, 0.25) is 5.91 Å². The molecule has 35 heavy (non-hydrogen) atoms. The average Bonchev–Trinajstić information content (AvgIpc) is 2.88. The average molecular weight is 481 g/mol. The summed E-state index contributed by atoms with van der Waals surface area (Å²) in [7, 11) is 1.66. The molecule has 3 heterocycles. The number of hydrogen-bond acceptors (Lipinski definition) is 7. The van der Waals surface area contributed by atoms with Crippen molar-refractivity contribution in [1.29, 1.82) is 0 Å². The van der Waals surface area contributed by atoms with Crippen molar-refractivity contribution >= 4 is 11.8 Å². The summed E-state index contributed by atoms with van der Waals surface area (Å²) in [6.07, 6.45) is 4.55. The van der Waals surface area contributed by atoms with Crippen LogP contribution in [-0.4, -0.2) is 89.1 Å². The third kappa shape index (κ3) is 7.30. The van der Waals surface area contributed by atoms with Gasteiger partial charge in [0.25, 0.3) is 5.91 Å². The lowest BCUT2D eigenvalue weighted by Gasteiger charge is -2.31. The lowest BCUT2D eigenvalue weighted by molar-refractivity contribution is -0.122. The number of likely N-dealkylation sites (N-methyl/N-ethyl adjacent to an activating group) is 1. The van der Waals surface area contributed by atoms with Gasteiger partial charge in [-0.15, -0.1) is 0 Å². The number of rotatable bonds is 9. The number of piperidine rings is 1. The summed E-state index contributed by atoms with van der Waals surface area (Å²) in [6.45, 7) is 4.64. The van der Waals surface area contributed by atoms with Crippen molar-refractivity contribution in [3.8, 4) is 0 Å². The normalized spacial score (nSPS) is 18.0. The lowest BCUT2D eigenvalue weighted by atomic mass is 9.92. The van der Waals surface area contributed by atoms with Crippen LogP contribution in [-0.2, 0) is 24.2 Å². The van der Waals surface area contributed by atoms with Crippen molar-refractivity contribution in [2.24, 2.45) is 5.92 Å². The van der Waals surface area contributed by atoms with Crippen LogP contribution in [0.15, 0.2) is 36.7 Å². The topological polar surface area (TPSA) is 111 Å². The van der Waals surface area contributed by atoms with Gasteiger partial charge < -0.3 is 15.7 Å². The second-order valence-corrected chi connectivity index (χ2v) is 9.61. The van der Waals surface area contributed by atoms with Gasteiger partial charge in [0.1, 0.15) is 12.0 Å². The first kappa shape index (κ1) is 25.2. The summed E-state index contributed by atoms with van der Waals surface area (Å²) in [5.41, 5.74) is 3.86. The van der Waals surface area contributed by atoms with E-state index in [1.165, 1.54) is 17.5 Å². The molecule has 0 spiro atoms. The van der Waals surface area contributed by atoms with Crippen LogP contribution >= 0.6 is 0 Å². The van der Waals surface area contributed by atoms with Crippen LogP contribution in [0.1, 0.15) is 40.2 Å². The zero-order chi connectivity index (χ0) is 24.6. The molecule has 0 bridgehead atoms. The van der Waals surface area contributed by atoms with Crippen LogP contribution < -0.4 is 10.6 Å². The van der Waals surface area contributed by atoms with Crippen LogP contribution in [0.4, 0.5) is 0 Å². The van der Waals surface area contributed by atoms with E-state index in [9.17, 15) is 14.7 Å². The molecule has 188 valence electrons. The van der Waals surface area contributed by atoms with E-state index in [4.69, 9.17) is 0 Å². The molecule has 3 N–H and O–H groups in total. The molecule has 9 heteroatoms. The summed E-state index contributed by atoms with van der Waals surface area (Å²) < 4.78 is 0. The third-order valence-electron chi connectivity index (χ3n) is 6.98. The maximum absolute atomic E-state index is 12.7. The number of aliphatic hydroxyl groups excluding tert-OH is 1. The number of aromatic nitrogens is 2. The number of amides is 2. The lowest BCUT2D eigenvalue weighted by Crippen LogP contribution is -2.42. The highest BCUT2D eigenvalue weighted by molar-refractivity contribution is 5.92. The predicted octanol–water partition coefficient (Wildman–Crippen LogP) is 0.626. The molecule has 0 saturated carbocycles. The van der Waals surface area contributed by atoms with E-state index in [1.807, 2.05) is 6.07 Å². The number of fused-ring (bicyclic) bond motifs is 1. The van der Waals surface area contributed by atoms with E-state index in [1.54, 1.807) is 13.1 Å². The molecule has 1 atom stereocenters. The molecule has 0 aliphatic carbocycles. The summed E-state index contributed by atoms with van der Waals surface area (Å²) >= 11 is 0.